The predicted molar refractivity (Wildman–Crippen MR) is 76.8 cm³/mol. The van der Waals surface area contributed by atoms with Gasteiger partial charge in [0.1, 0.15) is 0 Å². The molecule has 1 aromatic heterocycles. The van der Waals surface area contributed by atoms with E-state index in [2.05, 4.69) is 26.0 Å². The number of nitrogens with one attached hydrogen (secondary N) is 1. The van der Waals surface area contributed by atoms with Gasteiger partial charge in [0.05, 0.1) is 11.4 Å². The molecule has 0 saturated heterocycles. The van der Waals surface area contributed by atoms with Crippen LogP contribution in [0.1, 0.15) is 4.88 Å². The third-order valence-electron chi connectivity index (χ3n) is 2.39. The molecule has 2 aromatic rings. The van der Waals surface area contributed by atoms with Crippen molar-refractivity contribution in [2.45, 2.75) is 13.2 Å². The number of alkyl halides is 2. The Bertz CT molecular complexity index is 606. The molecule has 20 heavy (non-hydrogen) atoms. The summed E-state index contributed by atoms with van der Waals surface area (Å²) in [5, 5.41) is 4.87. The topological polar surface area (TPSA) is 47.3 Å². The number of hydrogen-bond donors (Lipinski definition) is 2. The van der Waals surface area contributed by atoms with Gasteiger partial charge in [0.25, 0.3) is 0 Å². The lowest BCUT2D eigenvalue weighted by Crippen LogP contribution is -2.07. The largest absolute Gasteiger partial charge is 0.432 e. The molecule has 1 heterocycles. The summed E-state index contributed by atoms with van der Waals surface area (Å²) in [4.78, 5) is 1.01. The average Bonchev–Trinajstić information content (AvgIpc) is 2.76. The summed E-state index contributed by atoms with van der Waals surface area (Å²) in [7, 11) is 0. The minimum Gasteiger partial charge on any atom is -0.432 e. The van der Waals surface area contributed by atoms with Crippen molar-refractivity contribution in [2.75, 3.05) is 11.1 Å². The molecule has 3 N–H and O–H groups in total. The number of anilines is 2. The second kappa shape index (κ2) is 6.36. The molecule has 0 atom stereocenters. The third-order valence-corrected chi connectivity index (χ3v) is 4.09. The molecule has 2 rings (SSSR count). The number of ether oxygens (including phenoxy) is 1. The molecule has 3 nitrogen and oxygen atoms in total. The van der Waals surface area contributed by atoms with Gasteiger partial charge in [-0.3, -0.25) is 0 Å². The summed E-state index contributed by atoms with van der Waals surface area (Å²) >= 11 is 4.84. The Hall–Kier alpha value is -1.41. The summed E-state index contributed by atoms with van der Waals surface area (Å²) in [5.74, 6) is -1.46. The maximum Gasteiger partial charge on any atom is 0.387 e. The Balaban J connectivity index is 2.14. The number of rotatable bonds is 5. The van der Waals surface area contributed by atoms with E-state index >= 15 is 0 Å². The van der Waals surface area contributed by atoms with Crippen molar-refractivity contribution >= 4 is 38.6 Å². The van der Waals surface area contributed by atoms with E-state index in [0.29, 0.717) is 12.2 Å². The number of halogens is 4. The Morgan fingerprint density at radius 1 is 1.35 bits per heavy atom. The maximum atomic E-state index is 13.4. The van der Waals surface area contributed by atoms with Crippen LogP contribution in [-0.2, 0) is 6.54 Å². The first-order valence-corrected chi connectivity index (χ1v) is 7.13. The van der Waals surface area contributed by atoms with Crippen molar-refractivity contribution in [1.82, 2.24) is 0 Å². The van der Waals surface area contributed by atoms with Gasteiger partial charge in [-0.1, -0.05) is 0 Å². The number of thiophene rings is 1. The fourth-order valence-electron chi connectivity index (χ4n) is 1.54. The van der Waals surface area contributed by atoms with Crippen LogP contribution in [0.4, 0.5) is 24.5 Å². The Morgan fingerprint density at radius 2 is 2.10 bits per heavy atom. The van der Waals surface area contributed by atoms with Gasteiger partial charge in [0, 0.05) is 33.4 Å². The molecular formula is C12H10BrF3N2OS. The minimum atomic E-state index is -3.09. The van der Waals surface area contributed by atoms with Crippen LogP contribution in [0.3, 0.4) is 0 Å². The molecule has 0 aliphatic heterocycles. The SMILES string of the molecule is Nc1cc(F)c(OC(F)F)cc1NCc1cc(Br)cs1. The third kappa shape index (κ3) is 3.80. The lowest BCUT2D eigenvalue weighted by atomic mass is 10.2. The molecule has 1 aromatic carbocycles. The molecule has 0 spiro atoms. The molecule has 0 radical (unpaired) electrons. The van der Waals surface area contributed by atoms with Crippen molar-refractivity contribution in [2.24, 2.45) is 0 Å². The number of nitrogens with two attached hydrogens (primary N) is 1. The highest BCUT2D eigenvalue weighted by Crippen LogP contribution is 2.30. The monoisotopic (exact) mass is 366 g/mol. The second-order valence-corrected chi connectivity index (χ2v) is 5.74. The zero-order chi connectivity index (χ0) is 14.7. The molecule has 0 amide bonds. The summed E-state index contributed by atoms with van der Waals surface area (Å²) < 4.78 is 42.7. The van der Waals surface area contributed by atoms with Gasteiger partial charge in [-0.05, 0) is 22.0 Å². The standard InChI is InChI=1S/C12H10BrF3N2OS/c13-6-1-7(20-5-6)4-18-10-3-11(19-12(15)16)8(14)2-9(10)17/h1-3,5,12,18H,4,17H2. The van der Waals surface area contributed by atoms with Crippen LogP contribution in [0.5, 0.6) is 5.75 Å². The van der Waals surface area contributed by atoms with Crippen molar-refractivity contribution in [1.29, 1.82) is 0 Å². The fourth-order valence-corrected chi connectivity index (χ4v) is 2.93. The molecule has 108 valence electrons. The van der Waals surface area contributed by atoms with Gasteiger partial charge in [0.15, 0.2) is 11.6 Å². The van der Waals surface area contributed by atoms with Gasteiger partial charge in [-0.15, -0.1) is 11.3 Å². The molecule has 8 heteroatoms. The van der Waals surface area contributed by atoms with Crippen LogP contribution in [0.2, 0.25) is 0 Å². The van der Waals surface area contributed by atoms with E-state index in [1.54, 1.807) is 0 Å². The van der Waals surface area contributed by atoms with Crippen molar-refractivity contribution < 1.29 is 17.9 Å². The van der Waals surface area contributed by atoms with E-state index in [-0.39, 0.29) is 5.69 Å². The quantitative estimate of drug-likeness (QED) is 0.768. The average molecular weight is 367 g/mol. The highest BCUT2D eigenvalue weighted by molar-refractivity contribution is 9.10. The molecule has 0 aliphatic carbocycles. The van der Waals surface area contributed by atoms with Crippen LogP contribution in [-0.4, -0.2) is 6.61 Å². The first kappa shape index (κ1) is 15.0. The predicted octanol–water partition coefficient (Wildman–Crippen LogP) is 4.45. The molecular weight excluding hydrogens is 357 g/mol. The summed E-state index contributed by atoms with van der Waals surface area (Å²) in [6, 6.07) is 3.98. The molecule has 0 unspecified atom stereocenters. The van der Waals surface area contributed by atoms with Crippen LogP contribution in [0.15, 0.2) is 28.1 Å². The fraction of sp³-hybridized carbons (Fsp3) is 0.167. The van der Waals surface area contributed by atoms with Gasteiger partial charge in [-0.25, -0.2) is 4.39 Å². The Labute approximate surface area is 125 Å². The highest BCUT2D eigenvalue weighted by atomic mass is 79.9. The highest BCUT2D eigenvalue weighted by Gasteiger charge is 2.13. The normalized spacial score (nSPS) is 10.8. The van der Waals surface area contributed by atoms with Gasteiger partial charge in [0.2, 0.25) is 0 Å². The van der Waals surface area contributed by atoms with Gasteiger partial charge >= 0.3 is 6.61 Å². The van der Waals surface area contributed by atoms with Crippen molar-refractivity contribution in [3.8, 4) is 5.75 Å². The van der Waals surface area contributed by atoms with E-state index < -0.39 is 18.2 Å². The molecule has 0 aliphatic rings. The first-order valence-electron chi connectivity index (χ1n) is 5.46. The first-order chi connectivity index (χ1) is 9.45. The van der Waals surface area contributed by atoms with Crippen LogP contribution in [0, 0.1) is 5.82 Å². The molecule has 0 bridgehead atoms. The lowest BCUT2D eigenvalue weighted by molar-refractivity contribution is -0.0521. The van der Waals surface area contributed by atoms with Crippen molar-refractivity contribution in [3.05, 3.63) is 38.7 Å². The van der Waals surface area contributed by atoms with Crippen molar-refractivity contribution in [3.63, 3.8) is 0 Å². The summed E-state index contributed by atoms with van der Waals surface area (Å²) in [6.45, 7) is -2.64. The Morgan fingerprint density at radius 3 is 2.70 bits per heavy atom. The zero-order valence-corrected chi connectivity index (χ0v) is 12.4. The smallest absolute Gasteiger partial charge is 0.387 e. The van der Waals surface area contributed by atoms with E-state index in [1.807, 2.05) is 11.4 Å². The van der Waals surface area contributed by atoms with Crippen LogP contribution < -0.4 is 15.8 Å². The van der Waals surface area contributed by atoms with Crippen LogP contribution in [0.25, 0.3) is 0 Å². The Kier molecular flexibility index (Phi) is 4.77. The maximum absolute atomic E-state index is 13.4. The summed E-state index contributed by atoms with van der Waals surface area (Å²) in [6.07, 6.45) is 0. The van der Waals surface area contributed by atoms with Gasteiger partial charge < -0.3 is 15.8 Å². The number of nitrogen functional groups attached to an aromatic ring is 1. The summed E-state index contributed by atoms with van der Waals surface area (Å²) in [5.41, 5.74) is 6.10. The second-order valence-electron chi connectivity index (χ2n) is 3.83. The number of benzene rings is 1. The number of hydrogen-bond acceptors (Lipinski definition) is 4. The molecule has 0 fully saturated rings. The minimum absolute atomic E-state index is 0.125. The zero-order valence-electron chi connectivity index (χ0n) is 10.00. The lowest BCUT2D eigenvalue weighted by Gasteiger charge is -2.12. The van der Waals surface area contributed by atoms with Crippen LogP contribution >= 0.6 is 27.3 Å². The van der Waals surface area contributed by atoms with E-state index in [0.717, 1.165) is 21.5 Å². The van der Waals surface area contributed by atoms with Gasteiger partial charge in [-0.2, -0.15) is 8.78 Å². The molecule has 0 saturated carbocycles. The van der Waals surface area contributed by atoms with E-state index in [1.165, 1.54) is 11.3 Å². The van der Waals surface area contributed by atoms with E-state index in [4.69, 9.17) is 5.73 Å². The van der Waals surface area contributed by atoms with E-state index in [9.17, 15) is 13.2 Å².